The van der Waals surface area contributed by atoms with Gasteiger partial charge < -0.3 is 24.8 Å². The number of ether oxygens (including phenoxy) is 3. The molecule has 9 nitrogen and oxygen atoms in total. The van der Waals surface area contributed by atoms with E-state index in [9.17, 15) is 14.4 Å². The molecule has 0 aromatic rings. The Labute approximate surface area is 312 Å². The second-order valence-electron chi connectivity index (χ2n) is 19.8. The number of piperidine rings is 3. The number of nitrogens with zero attached hydrogens (tertiary/aromatic N) is 1. The van der Waals surface area contributed by atoms with Gasteiger partial charge in [0.05, 0.1) is 0 Å². The summed E-state index contributed by atoms with van der Waals surface area (Å²) in [6.07, 6.45) is 12.1. The van der Waals surface area contributed by atoms with Crippen molar-refractivity contribution in [2.45, 2.75) is 231 Å². The maximum absolute atomic E-state index is 12.3. The number of unbranched alkanes of at least 4 members (excludes halogenated alkanes) is 5. The highest BCUT2D eigenvalue weighted by Crippen LogP contribution is 2.38. The molecule has 2 N–H and O–H groups in total. The molecule has 51 heavy (non-hydrogen) atoms. The molecule has 0 unspecified atom stereocenters. The van der Waals surface area contributed by atoms with Gasteiger partial charge in [0.1, 0.15) is 18.3 Å². The number of nitrogens with one attached hydrogen (secondary N) is 2. The highest BCUT2D eigenvalue weighted by Gasteiger charge is 2.44. The predicted octanol–water partition coefficient (Wildman–Crippen LogP) is 8.57. The third kappa shape index (κ3) is 16.3. The zero-order valence-corrected chi connectivity index (χ0v) is 35.2. The van der Waals surface area contributed by atoms with Gasteiger partial charge >= 0.3 is 17.9 Å². The molecular weight excluding hydrogens is 642 g/mol. The highest BCUT2D eigenvalue weighted by molar-refractivity contribution is 5.87. The Bertz CT molecular complexity index is 1080. The van der Waals surface area contributed by atoms with Gasteiger partial charge in [0.2, 0.25) is 0 Å². The standard InChI is InChI=1S/C28H52N2O4.C14H25NO2/c1-25(2)17-21(18-26(3,4)29-25)33-23(31)15-13-11-9-10-12-14-16-24(32)34-22-19-27(5,6)30-28(7,8)20-22;1-10(2)12(16)17-11-8-13(3,4)15(7)14(5,6)9-11/h21-22,29-30H,9-20H2,1-8H3;11H,1,8-9H2,2-7H3. The van der Waals surface area contributed by atoms with Crippen LogP contribution in [0.1, 0.15) is 180 Å². The van der Waals surface area contributed by atoms with Crippen LogP contribution in [0.2, 0.25) is 0 Å². The lowest BCUT2D eigenvalue weighted by Crippen LogP contribution is -2.60. The largest absolute Gasteiger partial charge is 0.462 e. The molecule has 3 saturated heterocycles. The van der Waals surface area contributed by atoms with Gasteiger partial charge in [-0.25, -0.2) is 4.79 Å². The number of hydrogen-bond acceptors (Lipinski definition) is 9. The molecule has 9 heteroatoms. The summed E-state index contributed by atoms with van der Waals surface area (Å²) < 4.78 is 17.1. The molecule has 0 aromatic heterocycles. The van der Waals surface area contributed by atoms with E-state index >= 15 is 0 Å². The van der Waals surface area contributed by atoms with Crippen LogP contribution in [0, 0.1) is 0 Å². The van der Waals surface area contributed by atoms with Crippen molar-refractivity contribution in [2.24, 2.45) is 0 Å². The van der Waals surface area contributed by atoms with Crippen LogP contribution in [-0.4, -0.2) is 81.4 Å². The summed E-state index contributed by atoms with van der Waals surface area (Å²) in [5, 5.41) is 7.25. The molecule has 0 radical (unpaired) electrons. The molecular formula is C42H77N3O6. The van der Waals surface area contributed by atoms with Crippen molar-refractivity contribution in [3.05, 3.63) is 12.2 Å². The predicted molar refractivity (Wildman–Crippen MR) is 208 cm³/mol. The van der Waals surface area contributed by atoms with Crippen LogP contribution in [0.15, 0.2) is 12.2 Å². The quantitative estimate of drug-likeness (QED) is 0.0838. The number of carbonyl (C=O) groups is 3. The molecule has 3 aliphatic rings. The molecule has 0 saturated carbocycles. The van der Waals surface area contributed by atoms with Gasteiger partial charge in [-0.3, -0.25) is 14.5 Å². The topological polar surface area (TPSA) is 106 Å². The second-order valence-corrected chi connectivity index (χ2v) is 19.8. The molecule has 3 rings (SSSR count). The fourth-order valence-electron chi connectivity index (χ4n) is 8.97. The lowest BCUT2D eigenvalue weighted by Gasteiger charge is -2.53. The van der Waals surface area contributed by atoms with Crippen molar-refractivity contribution in [1.82, 2.24) is 15.5 Å². The minimum Gasteiger partial charge on any atom is -0.462 e. The summed E-state index contributed by atoms with van der Waals surface area (Å²) in [5.41, 5.74) is 0.503. The number of esters is 3. The molecule has 0 aliphatic carbocycles. The molecule has 0 amide bonds. The number of likely N-dealkylation sites (tertiary alicyclic amines) is 1. The summed E-state index contributed by atoms with van der Waals surface area (Å²) in [6, 6.07) is 0. The minimum atomic E-state index is -0.272. The van der Waals surface area contributed by atoms with Crippen molar-refractivity contribution in [3.63, 3.8) is 0 Å². The summed E-state index contributed by atoms with van der Waals surface area (Å²) >= 11 is 0. The first-order valence-corrected chi connectivity index (χ1v) is 19.7. The monoisotopic (exact) mass is 720 g/mol. The Morgan fingerprint density at radius 2 is 0.843 bits per heavy atom. The van der Waals surface area contributed by atoms with Gasteiger partial charge in [0.15, 0.2) is 0 Å². The smallest absolute Gasteiger partial charge is 0.333 e. The molecule has 3 heterocycles. The molecule has 0 aromatic carbocycles. The van der Waals surface area contributed by atoms with Crippen molar-refractivity contribution in [1.29, 1.82) is 0 Å². The van der Waals surface area contributed by atoms with Crippen LogP contribution < -0.4 is 10.6 Å². The third-order valence-corrected chi connectivity index (χ3v) is 10.8. The van der Waals surface area contributed by atoms with Crippen molar-refractivity contribution in [3.8, 4) is 0 Å². The van der Waals surface area contributed by atoms with Gasteiger partial charge in [0, 0.05) is 90.2 Å². The maximum Gasteiger partial charge on any atom is 0.333 e. The molecule has 0 bridgehead atoms. The first-order valence-electron chi connectivity index (χ1n) is 19.7. The number of rotatable bonds is 13. The molecule has 296 valence electrons. The fraction of sp³-hybridized carbons (Fsp3) is 0.881. The van der Waals surface area contributed by atoms with Crippen LogP contribution in [0.3, 0.4) is 0 Å². The highest BCUT2D eigenvalue weighted by atomic mass is 16.6. The summed E-state index contributed by atoms with van der Waals surface area (Å²) in [4.78, 5) is 38.5. The van der Waals surface area contributed by atoms with Gasteiger partial charge in [-0.15, -0.1) is 0 Å². The van der Waals surface area contributed by atoms with E-state index in [-0.39, 0.29) is 69.5 Å². The number of hydrogen-bond donors (Lipinski definition) is 2. The SMILES string of the molecule is C=C(C)C(=O)OC1CC(C)(C)N(C)C(C)(C)C1.CC1(C)CC(OC(=O)CCCCCCCCC(=O)OC2CC(C)(C)NC(C)(C)C2)CC(C)(C)N1. The zero-order valence-electron chi connectivity index (χ0n) is 35.2. The Kier molecular flexibility index (Phi) is 15.9. The van der Waals surface area contributed by atoms with E-state index in [0.717, 1.165) is 77.0 Å². The van der Waals surface area contributed by atoms with E-state index in [4.69, 9.17) is 14.2 Å². The van der Waals surface area contributed by atoms with Crippen molar-refractivity contribution >= 4 is 17.9 Å². The second kappa shape index (κ2) is 17.9. The first kappa shape index (κ1) is 45.2. The lowest BCUT2D eigenvalue weighted by molar-refractivity contribution is -0.155. The Hall–Kier alpha value is -1.97. The Morgan fingerprint density at radius 3 is 1.16 bits per heavy atom. The van der Waals surface area contributed by atoms with Crippen LogP contribution in [0.4, 0.5) is 0 Å². The molecule has 0 spiro atoms. The normalized spacial score (nSPS) is 24.0. The van der Waals surface area contributed by atoms with Gasteiger partial charge in [-0.05, 0) is 110 Å². The van der Waals surface area contributed by atoms with Crippen molar-refractivity contribution < 1.29 is 28.6 Å². The fourth-order valence-corrected chi connectivity index (χ4v) is 8.97. The Balaban J connectivity index is 0.000000444. The third-order valence-electron chi connectivity index (χ3n) is 10.8. The van der Waals surface area contributed by atoms with E-state index in [1.54, 1.807) is 6.92 Å². The van der Waals surface area contributed by atoms with Gasteiger partial charge in [-0.2, -0.15) is 0 Å². The molecule has 3 fully saturated rings. The molecule has 0 atom stereocenters. The average Bonchev–Trinajstić information content (AvgIpc) is 2.89. The van der Waals surface area contributed by atoms with Crippen LogP contribution in [-0.2, 0) is 28.6 Å². The minimum absolute atomic E-state index is 0.000484. The average molecular weight is 720 g/mol. The van der Waals surface area contributed by atoms with Crippen LogP contribution in [0.25, 0.3) is 0 Å². The summed E-state index contributed by atoms with van der Waals surface area (Å²) in [6.45, 7) is 31.4. The van der Waals surface area contributed by atoms with Gasteiger partial charge in [0.25, 0.3) is 0 Å². The molecule has 3 aliphatic heterocycles. The van der Waals surface area contributed by atoms with Crippen LogP contribution >= 0.6 is 0 Å². The van der Waals surface area contributed by atoms with Crippen molar-refractivity contribution in [2.75, 3.05) is 7.05 Å². The van der Waals surface area contributed by atoms with E-state index in [2.05, 4.69) is 112 Å². The Morgan fingerprint density at radius 1 is 0.549 bits per heavy atom. The van der Waals surface area contributed by atoms with E-state index in [0.29, 0.717) is 18.4 Å². The summed E-state index contributed by atoms with van der Waals surface area (Å²) in [7, 11) is 2.14. The first-order chi connectivity index (χ1) is 23.1. The van der Waals surface area contributed by atoms with Crippen LogP contribution in [0.5, 0.6) is 0 Å². The lowest BCUT2D eigenvalue weighted by atomic mass is 9.79. The van der Waals surface area contributed by atoms with E-state index < -0.39 is 0 Å². The zero-order chi connectivity index (χ0) is 39.1. The van der Waals surface area contributed by atoms with E-state index in [1.165, 1.54) is 0 Å². The maximum atomic E-state index is 12.3. The van der Waals surface area contributed by atoms with Gasteiger partial charge in [-0.1, -0.05) is 32.3 Å². The van der Waals surface area contributed by atoms with E-state index in [1.807, 2.05) is 0 Å². The number of carbonyl (C=O) groups excluding carboxylic acids is 3. The summed E-state index contributed by atoms with van der Waals surface area (Å²) in [5.74, 6) is -0.401.